The SMILES string of the molecule is C=C(NCc1ccccc1CC(F)F)c1cc(C#N)cc(C)c1NC(=C)c1cc(Cn2nnc(C(F)(F)F)n2)nn1-c1c(Cl)cccc1Cl. The van der Waals surface area contributed by atoms with Gasteiger partial charge in [-0.1, -0.05) is 66.7 Å². The zero-order valence-electron chi connectivity index (χ0n) is 25.7. The number of para-hydroxylation sites is 1. The molecule has 0 unspecified atom stereocenters. The number of aryl methyl sites for hydroxylation is 1. The van der Waals surface area contributed by atoms with Crippen LogP contribution in [0.3, 0.4) is 0 Å². The molecule has 0 bridgehead atoms. The molecule has 0 spiro atoms. The summed E-state index contributed by atoms with van der Waals surface area (Å²) < 4.78 is 67.0. The van der Waals surface area contributed by atoms with Gasteiger partial charge in [-0.2, -0.15) is 28.3 Å². The molecule has 9 nitrogen and oxygen atoms in total. The second kappa shape index (κ2) is 14.5. The lowest BCUT2D eigenvalue weighted by molar-refractivity contribution is -0.145. The second-order valence-corrected chi connectivity index (χ2v) is 11.6. The van der Waals surface area contributed by atoms with E-state index >= 15 is 0 Å². The molecule has 252 valence electrons. The molecule has 0 fully saturated rings. The van der Waals surface area contributed by atoms with E-state index in [4.69, 9.17) is 23.2 Å². The quantitative estimate of drug-likeness (QED) is 0.126. The number of halogens is 7. The maximum atomic E-state index is 13.2. The first-order valence-electron chi connectivity index (χ1n) is 14.4. The predicted molar refractivity (Wildman–Crippen MR) is 176 cm³/mol. The zero-order valence-corrected chi connectivity index (χ0v) is 27.2. The summed E-state index contributed by atoms with van der Waals surface area (Å²) in [5.74, 6) is -1.40. The van der Waals surface area contributed by atoms with Crippen molar-refractivity contribution in [2.24, 2.45) is 0 Å². The highest BCUT2D eigenvalue weighted by atomic mass is 35.5. The third-order valence-corrected chi connectivity index (χ3v) is 7.89. The standard InChI is InChI=1S/C33H26Cl2F5N9/c1-18-11-21(15-41)12-25(19(2)42-16-23-8-5-4-7-22(23)13-29(36)37)30(18)43-20(3)28-14-24(17-48-46-32(44-47-48)33(38,39)40)45-49(28)31-26(34)9-6-10-27(31)35/h4-12,14,29,42-43H,2-3,13,16-17H2,1H3. The van der Waals surface area contributed by atoms with Gasteiger partial charge >= 0.3 is 6.18 Å². The Kier molecular flexibility index (Phi) is 10.4. The molecule has 0 aliphatic rings. The van der Waals surface area contributed by atoms with Crippen molar-refractivity contribution in [3.05, 3.63) is 129 Å². The average Bonchev–Trinajstić information content (AvgIpc) is 3.69. The zero-order chi connectivity index (χ0) is 35.5. The topological polar surface area (TPSA) is 109 Å². The van der Waals surface area contributed by atoms with Gasteiger partial charge < -0.3 is 10.6 Å². The van der Waals surface area contributed by atoms with E-state index in [2.05, 4.69) is 50.4 Å². The molecule has 2 aromatic heterocycles. The number of nitrogens with one attached hydrogen (secondary N) is 2. The number of benzene rings is 3. The summed E-state index contributed by atoms with van der Waals surface area (Å²) in [4.78, 5) is 0.752. The Balaban J connectivity index is 1.50. The second-order valence-electron chi connectivity index (χ2n) is 10.8. The molecule has 0 amide bonds. The number of aromatic nitrogens is 6. The molecule has 0 atom stereocenters. The van der Waals surface area contributed by atoms with Crippen molar-refractivity contribution in [2.75, 3.05) is 5.32 Å². The van der Waals surface area contributed by atoms with Crippen LogP contribution in [-0.2, 0) is 25.7 Å². The van der Waals surface area contributed by atoms with Crippen LogP contribution < -0.4 is 10.6 Å². The molecule has 0 radical (unpaired) electrons. The van der Waals surface area contributed by atoms with Crippen LogP contribution in [0.4, 0.5) is 27.6 Å². The Labute approximate surface area is 287 Å². The lowest BCUT2D eigenvalue weighted by Gasteiger charge is -2.21. The largest absolute Gasteiger partial charge is 0.455 e. The Morgan fingerprint density at radius 2 is 1.67 bits per heavy atom. The summed E-state index contributed by atoms with van der Waals surface area (Å²) in [5, 5.41) is 31.1. The van der Waals surface area contributed by atoms with Gasteiger partial charge in [-0.25, -0.2) is 13.5 Å². The number of nitriles is 1. The molecule has 5 aromatic rings. The van der Waals surface area contributed by atoms with Crippen LogP contribution in [0.1, 0.15) is 45.0 Å². The van der Waals surface area contributed by atoms with E-state index < -0.39 is 24.8 Å². The predicted octanol–water partition coefficient (Wildman–Crippen LogP) is 8.06. The van der Waals surface area contributed by atoms with E-state index in [9.17, 15) is 27.2 Å². The molecule has 0 saturated carbocycles. The Hall–Kier alpha value is -5.26. The van der Waals surface area contributed by atoms with E-state index in [1.54, 1.807) is 67.6 Å². The van der Waals surface area contributed by atoms with Crippen LogP contribution in [0.15, 0.2) is 73.8 Å². The van der Waals surface area contributed by atoms with Crippen molar-refractivity contribution in [2.45, 2.75) is 39.0 Å². The van der Waals surface area contributed by atoms with Crippen LogP contribution in [-0.4, -0.2) is 36.4 Å². The summed E-state index contributed by atoms with van der Waals surface area (Å²) in [5.41, 5.74) is 4.64. The lowest BCUT2D eigenvalue weighted by atomic mass is 10.0. The lowest BCUT2D eigenvalue weighted by Crippen LogP contribution is -2.15. The van der Waals surface area contributed by atoms with E-state index in [0.29, 0.717) is 44.9 Å². The fraction of sp³-hybridized carbons (Fsp3) is 0.182. The number of alkyl halides is 5. The summed E-state index contributed by atoms with van der Waals surface area (Å²) in [6.07, 6.45) is -7.70. The molecular weight excluding hydrogens is 688 g/mol. The van der Waals surface area contributed by atoms with Crippen molar-refractivity contribution in [1.82, 2.24) is 35.3 Å². The first kappa shape index (κ1) is 35.1. The summed E-state index contributed by atoms with van der Waals surface area (Å²) >= 11 is 13.0. The minimum Gasteiger partial charge on any atom is -0.381 e. The van der Waals surface area contributed by atoms with Crippen molar-refractivity contribution in [3.63, 3.8) is 0 Å². The first-order valence-corrected chi connectivity index (χ1v) is 15.2. The minimum atomic E-state index is -4.78. The monoisotopic (exact) mass is 713 g/mol. The molecule has 0 saturated heterocycles. The molecule has 0 aliphatic carbocycles. The molecule has 3 aromatic carbocycles. The van der Waals surface area contributed by atoms with Crippen LogP contribution in [0.5, 0.6) is 0 Å². The van der Waals surface area contributed by atoms with E-state index in [0.717, 1.165) is 4.80 Å². The van der Waals surface area contributed by atoms with Gasteiger partial charge in [0.2, 0.25) is 6.43 Å². The third kappa shape index (κ3) is 8.07. The Morgan fingerprint density at radius 1 is 0.980 bits per heavy atom. The number of anilines is 1. The van der Waals surface area contributed by atoms with Crippen molar-refractivity contribution < 1.29 is 22.0 Å². The van der Waals surface area contributed by atoms with Crippen molar-refractivity contribution in [3.8, 4) is 11.8 Å². The smallest absolute Gasteiger partial charge is 0.381 e. The van der Waals surface area contributed by atoms with Gasteiger partial charge in [0.25, 0.3) is 5.82 Å². The van der Waals surface area contributed by atoms with E-state index in [-0.39, 0.29) is 40.2 Å². The van der Waals surface area contributed by atoms with Gasteiger partial charge in [0.1, 0.15) is 12.2 Å². The average molecular weight is 715 g/mol. The van der Waals surface area contributed by atoms with Gasteiger partial charge in [0.15, 0.2) is 0 Å². The highest BCUT2D eigenvalue weighted by Gasteiger charge is 2.37. The molecule has 16 heteroatoms. The van der Waals surface area contributed by atoms with Gasteiger partial charge in [0, 0.05) is 24.2 Å². The first-order chi connectivity index (χ1) is 23.2. The van der Waals surface area contributed by atoms with Gasteiger partial charge in [-0.3, -0.25) is 0 Å². The molecule has 49 heavy (non-hydrogen) atoms. The van der Waals surface area contributed by atoms with Crippen LogP contribution >= 0.6 is 23.2 Å². The maximum Gasteiger partial charge on any atom is 0.455 e. The van der Waals surface area contributed by atoms with Crippen LogP contribution in [0, 0.1) is 18.3 Å². The summed E-state index contributed by atoms with van der Waals surface area (Å²) in [6.45, 7) is 10.0. The van der Waals surface area contributed by atoms with Crippen LogP contribution in [0.2, 0.25) is 10.0 Å². The minimum absolute atomic E-state index is 0.186. The molecule has 0 aliphatic heterocycles. The van der Waals surface area contributed by atoms with Gasteiger partial charge in [-0.05, 0) is 59.2 Å². The fourth-order valence-corrected chi connectivity index (χ4v) is 5.57. The Morgan fingerprint density at radius 3 is 2.31 bits per heavy atom. The normalized spacial score (nSPS) is 11.4. The molecule has 5 rings (SSSR count). The van der Waals surface area contributed by atoms with Gasteiger partial charge in [-0.15, -0.1) is 10.2 Å². The highest BCUT2D eigenvalue weighted by molar-refractivity contribution is 6.37. The molecule has 2 N–H and O–H groups in total. The Bertz CT molecular complexity index is 2060. The van der Waals surface area contributed by atoms with Crippen LogP contribution in [0.25, 0.3) is 17.1 Å². The summed E-state index contributed by atoms with van der Waals surface area (Å²) in [6, 6.07) is 18.6. The third-order valence-electron chi connectivity index (χ3n) is 7.28. The molecule has 2 heterocycles. The van der Waals surface area contributed by atoms with Gasteiger partial charge in [0.05, 0.1) is 44.5 Å². The maximum absolute atomic E-state index is 13.2. The van der Waals surface area contributed by atoms with E-state index in [1.165, 1.54) is 4.68 Å². The van der Waals surface area contributed by atoms with Crippen molar-refractivity contribution >= 4 is 40.3 Å². The number of tetrazole rings is 1. The summed E-state index contributed by atoms with van der Waals surface area (Å²) in [7, 11) is 0. The number of hydrogen-bond acceptors (Lipinski definition) is 7. The fourth-order valence-electron chi connectivity index (χ4n) is 5.02. The molecular formula is C33H26Cl2F5N9. The number of rotatable bonds is 12. The van der Waals surface area contributed by atoms with Crippen molar-refractivity contribution in [1.29, 1.82) is 5.26 Å². The number of hydrogen-bond donors (Lipinski definition) is 2. The highest BCUT2D eigenvalue weighted by Crippen LogP contribution is 2.34. The van der Waals surface area contributed by atoms with E-state index in [1.807, 2.05) is 0 Å². The number of nitrogens with zero attached hydrogens (tertiary/aromatic N) is 7.